The summed E-state index contributed by atoms with van der Waals surface area (Å²) in [5, 5.41) is 0. The zero-order valence-corrected chi connectivity index (χ0v) is 37.0. The summed E-state index contributed by atoms with van der Waals surface area (Å²) in [6.45, 7) is 0. The Morgan fingerprint density at radius 1 is 0.303 bits per heavy atom. The number of para-hydroxylation sites is 1. The Kier molecular flexibility index (Phi) is 7.67. The van der Waals surface area contributed by atoms with Gasteiger partial charge in [0.25, 0.3) is 0 Å². The number of benzene rings is 9. The Labute approximate surface area is 388 Å². The van der Waals surface area contributed by atoms with Crippen molar-refractivity contribution in [1.82, 2.24) is 0 Å². The average molecular weight is 844 g/mol. The first-order valence-corrected chi connectivity index (χ1v) is 24.4. The van der Waals surface area contributed by atoms with Crippen LogP contribution in [-0.2, 0) is 10.8 Å². The van der Waals surface area contributed by atoms with Gasteiger partial charge in [-0.15, -0.1) is 0 Å². The first-order chi connectivity index (χ1) is 32.7. The molecule has 0 aliphatic heterocycles. The molecule has 0 atom stereocenters. The van der Waals surface area contributed by atoms with Crippen LogP contribution in [0.2, 0.25) is 0 Å². The molecule has 4 fully saturated rings. The fourth-order valence-electron chi connectivity index (χ4n) is 15.3. The lowest BCUT2D eigenvalue weighted by molar-refractivity contribution is -0.0399. The summed E-state index contributed by atoms with van der Waals surface area (Å²) in [6, 6.07) is 81.0. The number of hydrogen-bond acceptors (Lipinski definition) is 1. The highest BCUT2D eigenvalue weighted by atomic mass is 15.1. The molecule has 0 heterocycles. The molecule has 7 aliphatic carbocycles. The highest BCUT2D eigenvalue weighted by Crippen LogP contribution is 2.70. The van der Waals surface area contributed by atoms with Crippen LogP contribution in [0.3, 0.4) is 0 Å². The standard InChI is InChI=1S/C65H49N/c1-2-14-44(15-3-1)50-16-8-13-25-63(50)66(49-31-33-56-54-20-7-12-24-60(54)65(62(56)40-49)58-22-10-5-17-51(58)52-18-6-11-23-59(52)65)48-29-26-43(27-30-48)45-28-32-55-53-19-4-9-21-57(53)64(61(55)39-45)46-35-41-34-42(37-46)38-47(64)36-41/h1-33,39-42,46-47H,34-38H2. The van der Waals surface area contributed by atoms with Gasteiger partial charge in [0.05, 0.1) is 11.1 Å². The quantitative estimate of drug-likeness (QED) is 0.167. The molecular formula is C65H49N. The van der Waals surface area contributed by atoms with Gasteiger partial charge in [-0.05, 0) is 176 Å². The van der Waals surface area contributed by atoms with Crippen molar-refractivity contribution in [2.45, 2.75) is 42.9 Å². The van der Waals surface area contributed by atoms with Crippen molar-refractivity contribution in [3.8, 4) is 55.6 Å². The fourth-order valence-corrected chi connectivity index (χ4v) is 15.3. The topological polar surface area (TPSA) is 3.24 Å². The first-order valence-electron chi connectivity index (χ1n) is 24.4. The van der Waals surface area contributed by atoms with Gasteiger partial charge < -0.3 is 4.90 Å². The van der Waals surface area contributed by atoms with E-state index in [1.807, 2.05) is 0 Å². The van der Waals surface area contributed by atoms with Crippen molar-refractivity contribution in [1.29, 1.82) is 0 Å². The van der Waals surface area contributed by atoms with Gasteiger partial charge in [0.2, 0.25) is 0 Å². The molecule has 9 aromatic carbocycles. The zero-order valence-electron chi connectivity index (χ0n) is 37.0. The summed E-state index contributed by atoms with van der Waals surface area (Å²) in [5.74, 6) is 3.35. The molecule has 4 bridgehead atoms. The highest BCUT2D eigenvalue weighted by Gasteiger charge is 2.61. The Bertz CT molecular complexity index is 3350. The normalized spacial score (nSPS) is 22.4. The van der Waals surface area contributed by atoms with Crippen molar-refractivity contribution in [2.24, 2.45) is 23.7 Å². The third-order valence-electron chi connectivity index (χ3n) is 17.5. The minimum absolute atomic E-state index is 0.151. The van der Waals surface area contributed by atoms with Crippen molar-refractivity contribution in [3.05, 3.63) is 246 Å². The maximum absolute atomic E-state index is 2.63. The smallest absolute Gasteiger partial charge is 0.0726 e. The van der Waals surface area contributed by atoms with Crippen LogP contribution in [0.15, 0.2) is 212 Å². The minimum Gasteiger partial charge on any atom is -0.310 e. The predicted octanol–water partition coefficient (Wildman–Crippen LogP) is 16.6. The average Bonchev–Trinajstić information content (AvgIpc) is 3.96. The number of rotatable bonds is 5. The van der Waals surface area contributed by atoms with E-state index in [1.54, 1.807) is 11.1 Å². The summed E-state index contributed by atoms with van der Waals surface area (Å²) < 4.78 is 0. The molecule has 7 aliphatic rings. The lowest BCUT2D eigenvalue weighted by atomic mass is 9.43. The Hall–Kier alpha value is -7.22. The van der Waals surface area contributed by atoms with Gasteiger partial charge in [0, 0.05) is 22.4 Å². The van der Waals surface area contributed by atoms with E-state index in [-0.39, 0.29) is 5.41 Å². The summed E-state index contributed by atoms with van der Waals surface area (Å²) in [5.41, 5.74) is 25.1. The van der Waals surface area contributed by atoms with E-state index in [1.165, 1.54) is 110 Å². The highest BCUT2D eigenvalue weighted by molar-refractivity contribution is 5.97. The molecular weight excluding hydrogens is 795 g/mol. The molecule has 1 heteroatoms. The van der Waals surface area contributed by atoms with E-state index in [2.05, 4.69) is 217 Å². The molecule has 0 N–H and O–H groups in total. The summed E-state index contributed by atoms with van der Waals surface area (Å²) in [6.07, 6.45) is 7.06. The van der Waals surface area contributed by atoms with Crippen LogP contribution in [0.4, 0.5) is 17.1 Å². The van der Waals surface area contributed by atoms with Gasteiger partial charge in [-0.3, -0.25) is 0 Å². The lowest BCUT2D eigenvalue weighted by Gasteiger charge is -2.61. The van der Waals surface area contributed by atoms with Crippen LogP contribution in [0.25, 0.3) is 55.6 Å². The van der Waals surface area contributed by atoms with Crippen molar-refractivity contribution >= 4 is 17.1 Å². The molecule has 0 aromatic heterocycles. The van der Waals surface area contributed by atoms with Gasteiger partial charge in [-0.1, -0.05) is 176 Å². The number of fused-ring (bicyclic) bond motifs is 13. The molecule has 314 valence electrons. The number of anilines is 3. The van der Waals surface area contributed by atoms with Crippen LogP contribution < -0.4 is 4.90 Å². The Morgan fingerprint density at radius 3 is 1.38 bits per heavy atom. The summed E-state index contributed by atoms with van der Waals surface area (Å²) in [4.78, 5) is 2.51. The maximum atomic E-state index is 2.63. The molecule has 0 saturated heterocycles. The van der Waals surface area contributed by atoms with E-state index in [9.17, 15) is 0 Å². The van der Waals surface area contributed by atoms with Crippen molar-refractivity contribution in [3.63, 3.8) is 0 Å². The van der Waals surface area contributed by atoms with Gasteiger partial charge in [0.15, 0.2) is 0 Å². The Balaban J connectivity index is 0.901. The number of nitrogens with zero attached hydrogens (tertiary/aromatic N) is 1. The third kappa shape index (κ3) is 4.80. The first kappa shape index (κ1) is 37.0. The van der Waals surface area contributed by atoms with Gasteiger partial charge >= 0.3 is 0 Å². The monoisotopic (exact) mass is 843 g/mol. The molecule has 4 saturated carbocycles. The second-order valence-electron chi connectivity index (χ2n) is 20.4. The van der Waals surface area contributed by atoms with E-state index < -0.39 is 5.41 Å². The molecule has 16 rings (SSSR count). The molecule has 1 nitrogen and oxygen atoms in total. The van der Waals surface area contributed by atoms with Gasteiger partial charge in [-0.25, -0.2) is 0 Å². The second-order valence-corrected chi connectivity index (χ2v) is 20.4. The van der Waals surface area contributed by atoms with E-state index >= 15 is 0 Å². The van der Waals surface area contributed by atoms with Crippen LogP contribution in [-0.4, -0.2) is 0 Å². The lowest BCUT2D eigenvalue weighted by Crippen LogP contribution is -2.55. The maximum Gasteiger partial charge on any atom is 0.0726 e. The summed E-state index contributed by atoms with van der Waals surface area (Å²) in [7, 11) is 0. The van der Waals surface area contributed by atoms with Crippen LogP contribution in [0.5, 0.6) is 0 Å². The SMILES string of the molecule is c1ccc(-c2ccccc2N(c2ccc(-c3ccc4c(c3)C3(c5ccccc5-4)C4CC5CC(C4)CC3C5)cc2)c2ccc3c(c2)C2(c4ccccc4-c4ccccc42)c2ccccc2-3)cc1. The van der Waals surface area contributed by atoms with E-state index in [4.69, 9.17) is 0 Å². The number of hydrogen-bond donors (Lipinski definition) is 0. The molecule has 0 radical (unpaired) electrons. The van der Waals surface area contributed by atoms with Crippen molar-refractivity contribution in [2.75, 3.05) is 4.90 Å². The van der Waals surface area contributed by atoms with Crippen LogP contribution in [0.1, 0.15) is 65.5 Å². The molecule has 2 spiro atoms. The van der Waals surface area contributed by atoms with E-state index in [0.717, 1.165) is 40.7 Å². The van der Waals surface area contributed by atoms with Gasteiger partial charge in [-0.2, -0.15) is 0 Å². The molecule has 0 unspecified atom stereocenters. The predicted molar refractivity (Wildman–Crippen MR) is 272 cm³/mol. The minimum atomic E-state index is -0.425. The Morgan fingerprint density at radius 2 is 0.758 bits per heavy atom. The second kappa shape index (κ2) is 13.7. The molecule has 9 aromatic rings. The molecule has 66 heavy (non-hydrogen) atoms. The van der Waals surface area contributed by atoms with Gasteiger partial charge in [0.1, 0.15) is 0 Å². The van der Waals surface area contributed by atoms with Crippen molar-refractivity contribution < 1.29 is 0 Å². The zero-order chi connectivity index (χ0) is 43.1. The van der Waals surface area contributed by atoms with Crippen LogP contribution >= 0.6 is 0 Å². The molecule has 0 amide bonds. The fraction of sp³-hybridized carbons (Fsp3) is 0.169. The third-order valence-corrected chi connectivity index (χ3v) is 17.5. The summed E-state index contributed by atoms with van der Waals surface area (Å²) >= 11 is 0. The van der Waals surface area contributed by atoms with E-state index in [0.29, 0.717) is 0 Å². The van der Waals surface area contributed by atoms with Crippen LogP contribution in [0, 0.1) is 23.7 Å². The largest absolute Gasteiger partial charge is 0.310 e.